The molecule has 0 unspecified atom stereocenters. The molecule has 4 rings (SSSR count). The maximum absolute atomic E-state index is 13.1. The van der Waals surface area contributed by atoms with Crippen molar-refractivity contribution in [1.29, 1.82) is 0 Å². The first-order chi connectivity index (χ1) is 15.4. The van der Waals surface area contributed by atoms with Crippen LogP contribution in [-0.2, 0) is 26.1 Å². The number of halogens is 1. The summed E-state index contributed by atoms with van der Waals surface area (Å²) in [6.45, 7) is 0. The summed E-state index contributed by atoms with van der Waals surface area (Å²) in [7, 11) is -8.35. The maximum Gasteiger partial charge on any atom is 0.270 e. The third kappa shape index (κ3) is 4.54. The van der Waals surface area contributed by atoms with Crippen molar-refractivity contribution in [3.05, 3.63) is 65.6 Å². The standard InChI is InChI=1S/C20H17FN4O6S2/c1-32(27,28)20(33(2,29)30)16-13-4-3-9-22-15(13)18(26)17(23-16)19-25-24-14(31-19)10-11-5-7-12(21)8-6-11/h3-9,20,26H,10H2,1-2H3. The van der Waals surface area contributed by atoms with Gasteiger partial charge in [0, 0.05) is 24.1 Å². The molecule has 10 nitrogen and oxygen atoms in total. The highest BCUT2D eigenvalue weighted by molar-refractivity contribution is 8.07. The van der Waals surface area contributed by atoms with Crippen LogP contribution < -0.4 is 0 Å². The molecule has 1 N–H and O–H groups in total. The quantitative estimate of drug-likeness (QED) is 0.424. The molecule has 0 atom stereocenters. The minimum absolute atomic E-state index is 0.0469. The Morgan fingerprint density at radius 3 is 2.33 bits per heavy atom. The first-order valence-corrected chi connectivity index (χ1v) is 13.3. The van der Waals surface area contributed by atoms with E-state index in [1.54, 1.807) is 0 Å². The van der Waals surface area contributed by atoms with Gasteiger partial charge in [0.15, 0.2) is 31.1 Å². The molecule has 4 aromatic rings. The van der Waals surface area contributed by atoms with E-state index < -0.39 is 35.8 Å². The van der Waals surface area contributed by atoms with E-state index in [1.165, 1.54) is 42.6 Å². The molecule has 33 heavy (non-hydrogen) atoms. The van der Waals surface area contributed by atoms with Crippen LogP contribution in [0.25, 0.3) is 22.5 Å². The summed E-state index contributed by atoms with van der Waals surface area (Å²) in [5.74, 6) is -1.03. The normalized spacial score (nSPS) is 12.5. The van der Waals surface area contributed by atoms with Gasteiger partial charge in [0.1, 0.15) is 11.3 Å². The molecule has 0 saturated heterocycles. The molecule has 0 fully saturated rings. The second-order valence-electron chi connectivity index (χ2n) is 7.39. The van der Waals surface area contributed by atoms with Crippen molar-refractivity contribution in [2.45, 2.75) is 11.0 Å². The molecule has 3 aromatic heterocycles. The minimum atomic E-state index is -4.18. The smallest absolute Gasteiger partial charge is 0.270 e. The van der Waals surface area contributed by atoms with Crippen molar-refractivity contribution in [3.8, 4) is 17.3 Å². The fourth-order valence-corrected chi connectivity index (χ4v) is 7.11. The van der Waals surface area contributed by atoms with Gasteiger partial charge in [-0.3, -0.25) is 4.98 Å². The number of benzene rings is 1. The zero-order valence-corrected chi connectivity index (χ0v) is 18.9. The molecule has 0 aliphatic rings. The molecule has 0 aliphatic heterocycles. The van der Waals surface area contributed by atoms with Gasteiger partial charge in [-0.05, 0) is 29.8 Å². The van der Waals surface area contributed by atoms with Crippen molar-refractivity contribution in [2.24, 2.45) is 0 Å². The first kappa shape index (κ1) is 22.7. The van der Waals surface area contributed by atoms with Crippen LogP contribution >= 0.6 is 0 Å². The summed E-state index contributed by atoms with van der Waals surface area (Å²) in [5.41, 5.74) is -0.0486. The zero-order valence-electron chi connectivity index (χ0n) is 17.3. The summed E-state index contributed by atoms with van der Waals surface area (Å²) in [5, 5.41) is 18.5. The fourth-order valence-electron chi connectivity index (χ4n) is 3.40. The lowest BCUT2D eigenvalue weighted by Crippen LogP contribution is -2.22. The molecule has 0 bridgehead atoms. The van der Waals surface area contributed by atoms with Crippen LogP contribution in [0.2, 0.25) is 0 Å². The molecule has 0 saturated carbocycles. The van der Waals surface area contributed by atoms with Gasteiger partial charge in [-0.25, -0.2) is 26.2 Å². The summed E-state index contributed by atoms with van der Waals surface area (Å²) in [6.07, 6.45) is 3.06. The Kier molecular flexibility index (Phi) is 5.62. The lowest BCUT2D eigenvalue weighted by atomic mass is 10.1. The molecule has 13 heteroatoms. The Balaban J connectivity index is 1.88. The Morgan fingerprint density at radius 2 is 1.70 bits per heavy atom. The van der Waals surface area contributed by atoms with E-state index in [1.807, 2.05) is 0 Å². The first-order valence-electron chi connectivity index (χ1n) is 9.37. The number of aromatic hydroxyl groups is 1. The Labute approximate surface area is 188 Å². The number of hydrogen-bond acceptors (Lipinski definition) is 10. The van der Waals surface area contributed by atoms with Crippen molar-refractivity contribution >= 4 is 30.6 Å². The number of fused-ring (bicyclic) bond motifs is 1. The number of aromatic nitrogens is 4. The second-order valence-corrected chi connectivity index (χ2v) is 11.9. The monoisotopic (exact) mass is 492 g/mol. The summed E-state index contributed by atoms with van der Waals surface area (Å²) in [6, 6.07) is 8.49. The van der Waals surface area contributed by atoms with Crippen LogP contribution in [0.5, 0.6) is 5.75 Å². The number of hydrogen-bond donors (Lipinski definition) is 1. The number of sulfone groups is 2. The fraction of sp³-hybridized carbons (Fsp3) is 0.200. The molecule has 1 aromatic carbocycles. The van der Waals surface area contributed by atoms with Gasteiger partial charge in [0.05, 0.1) is 12.1 Å². The highest BCUT2D eigenvalue weighted by Crippen LogP contribution is 2.39. The molecule has 172 valence electrons. The SMILES string of the molecule is CS(=O)(=O)C(c1nc(-c2nnc(Cc3ccc(F)cc3)o2)c(O)c2ncccc12)S(C)(=O)=O. The van der Waals surface area contributed by atoms with Gasteiger partial charge in [0.25, 0.3) is 5.89 Å². The Morgan fingerprint density at radius 1 is 1.03 bits per heavy atom. The van der Waals surface area contributed by atoms with E-state index in [9.17, 15) is 26.3 Å². The lowest BCUT2D eigenvalue weighted by molar-refractivity contribution is 0.470. The largest absolute Gasteiger partial charge is 0.504 e. The van der Waals surface area contributed by atoms with Crippen molar-refractivity contribution in [3.63, 3.8) is 0 Å². The van der Waals surface area contributed by atoms with E-state index >= 15 is 0 Å². The van der Waals surface area contributed by atoms with Gasteiger partial charge < -0.3 is 9.52 Å². The van der Waals surface area contributed by atoms with Crippen molar-refractivity contribution in [2.75, 3.05) is 12.5 Å². The van der Waals surface area contributed by atoms with Crippen molar-refractivity contribution in [1.82, 2.24) is 20.2 Å². The molecule has 3 heterocycles. The van der Waals surface area contributed by atoms with Gasteiger partial charge in [-0.1, -0.05) is 12.1 Å². The van der Waals surface area contributed by atoms with Crippen LogP contribution in [0.4, 0.5) is 4.39 Å². The minimum Gasteiger partial charge on any atom is -0.504 e. The van der Waals surface area contributed by atoms with E-state index in [0.717, 1.165) is 12.5 Å². The highest BCUT2D eigenvalue weighted by Gasteiger charge is 2.37. The number of rotatable bonds is 6. The Bertz CT molecular complexity index is 1540. The number of pyridine rings is 2. The van der Waals surface area contributed by atoms with Gasteiger partial charge in [0.2, 0.25) is 10.5 Å². The van der Waals surface area contributed by atoms with Crippen LogP contribution in [-0.4, -0.2) is 54.6 Å². The average Bonchev–Trinajstić information content (AvgIpc) is 3.18. The molecular weight excluding hydrogens is 475 g/mol. The number of nitrogens with zero attached hydrogens (tertiary/aromatic N) is 4. The van der Waals surface area contributed by atoms with Gasteiger partial charge in [-0.15, -0.1) is 10.2 Å². The van der Waals surface area contributed by atoms with Crippen LogP contribution in [0.1, 0.15) is 21.7 Å². The van der Waals surface area contributed by atoms with E-state index in [-0.39, 0.29) is 40.5 Å². The van der Waals surface area contributed by atoms with E-state index in [2.05, 4.69) is 20.2 Å². The summed E-state index contributed by atoms with van der Waals surface area (Å²) < 4.78 is 66.3. The van der Waals surface area contributed by atoms with Gasteiger partial charge >= 0.3 is 0 Å². The highest BCUT2D eigenvalue weighted by atomic mass is 32.3. The van der Waals surface area contributed by atoms with Crippen molar-refractivity contribution < 1.29 is 30.7 Å². The van der Waals surface area contributed by atoms with Crippen LogP contribution in [0.3, 0.4) is 0 Å². The third-order valence-corrected chi connectivity index (χ3v) is 8.80. The zero-order chi connectivity index (χ0) is 24.0. The average molecular weight is 493 g/mol. The summed E-state index contributed by atoms with van der Waals surface area (Å²) >= 11 is 0. The van der Waals surface area contributed by atoms with Crippen LogP contribution in [0.15, 0.2) is 47.0 Å². The lowest BCUT2D eigenvalue weighted by Gasteiger charge is -2.16. The molecular formula is C20H17FN4O6S2. The van der Waals surface area contributed by atoms with E-state index in [4.69, 9.17) is 4.42 Å². The van der Waals surface area contributed by atoms with Crippen LogP contribution in [0, 0.1) is 5.82 Å². The maximum atomic E-state index is 13.1. The molecule has 0 spiro atoms. The van der Waals surface area contributed by atoms with E-state index in [0.29, 0.717) is 5.56 Å². The topological polar surface area (TPSA) is 153 Å². The Hall–Kier alpha value is -3.45. The van der Waals surface area contributed by atoms with Gasteiger partial charge in [-0.2, -0.15) is 0 Å². The second kappa shape index (κ2) is 8.15. The predicted octanol–water partition coefficient (Wildman–Crippen LogP) is 2.20. The third-order valence-electron chi connectivity index (χ3n) is 4.70. The molecule has 0 radical (unpaired) electrons. The predicted molar refractivity (Wildman–Crippen MR) is 116 cm³/mol. The summed E-state index contributed by atoms with van der Waals surface area (Å²) in [4.78, 5) is 8.19. The molecule has 0 amide bonds. The molecule has 0 aliphatic carbocycles.